The summed E-state index contributed by atoms with van der Waals surface area (Å²) in [6, 6.07) is 1.32. The summed E-state index contributed by atoms with van der Waals surface area (Å²) in [5.41, 5.74) is 1.28. The molecule has 0 aromatic heterocycles. The van der Waals surface area contributed by atoms with Gasteiger partial charge < -0.3 is 5.32 Å². The molecule has 0 spiro atoms. The average molecular weight is 210 g/mol. The number of likely N-dealkylation sites (tertiary alicyclic amines) is 1. The minimum absolute atomic E-state index is 0.596. The van der Waals surface area contributed by atoms with E-state index >= 15 is 0 Å². The zero-order valence-corrected chi connectivity index (χ0v) is 10.6. The highest BCUT2D eigenvalue weighted by Crippen LogP contribution is 2.17. The smallest absolute Gasteiger partial charge is 0.0224 e. The lowest BCUT2D eigenvalue weighted by atomic mass is 10.0. The number of piperidine rings is 1. The van der Waals surface area contributed by atoms with Crippen LogP contribution in [-0.2, 0) is 0 Å². The van der Waals surface area contributed by atoms with Crippen LogP contribution in [0.4, 0.5) is 0 Å². The quantitative estimate of drug-likeness (QED) is 0.701. The number of nitrogens with zero attached hydrogens (tertiary/aromatic N) is 1. The molecule has 88 valence electrons. The molecule has 1 saturated heterocycles. The van der Waals surface area contributed by atoms with Crippen molar-refractivity contribution >= 4 is 0 Å². The number of rotatable bonds is 5. The fourth-order valence-corrected chi connectivity index (χ4v) is 2.22. The minimum atomic E-state index is 0.596. The van der Waals surface area contributed by atoms with Crippen LogP contribution in [0.2, 0.25) is 0 Å². The van der Waals surface area contributed by atoms with Crippen LogP contribution in [0.15, 0.2) is 12.2 Å². The first-order valence-electron chi connectivity index (χ1n) is 6.21. The molecule has 15 heavy (non-hydrogen) atoms. The molecule has 2 nitrogen and oxygen atoms in total. The summed E-state index contributed by atoms with van der Waals surface area (Å²) >= 11 is 0. The molecule has 1 fully saturated rings. The fraction of sp³-hybridized carbons (Fsp3) is 0.846. The molecule has 1 unspecified atom stereocenters. The molecular formula is C13H26N2. The monoisotopic (exact) mass is 210 g/mol. The molecule has 0 amide bonds. The fourth-order valence-electron chi connectivity index (χ4n) is 2.22. The van der Waals surface area contributed by atoms with E-state index in [4.69, 9.17) is 0 Å². The maximum atomic E-state index is 4.02. The molecule has 1 rings (SSSR count). The molecule has 0 aromatic carbocycles. The van der Waals surface area contributed by atoms with Gasteiger partial charge in [-0.25, -0.2) is 0 Å². The van der Waals surface area contributed by atoms with Gasteiger partial charge in [0.25, 0.3) is 0 Å². The van der Waals surface area contributed by atoms with Gasteiger partial charge in [-0.1, -0.05) is 32.4 Å². The van der Waals surface area contributed by atoms with Gasteiger partial charge in [-0.2, -0.15) is 0 Å². The van der Waals surface area contributed by atoms with Crippen LogP contribution in [0, 0.1) is 0 Å². The van der Waals surface area contributed by atoms with Gasteiger partial charge in [-0.05, 0) is 26.3 Å². The highest BCUT2D eigenvalue weighted by molar-refractivity contribution is 4.95. The zero-order chi connectivity index (χ0) is 11.3. The largest absolute Gasteiger partial charge is 0.313 e. The van der Waals surface area contributed by atoms with Gasteiger partial charge in [0.05, 0.1) is 0 Å². The van der Waals surface area contributed by atoms with Crippen molar-refractivity contribution in [1.29, 1.82) is 0 Å². The predicted octanol–water partition coefficient (Wildman–Crippen LogP) is 2.42. The van der Waals surface area contributed by atoms with Crippen LogP contribution in [0.1, 0.15) is 40.0 Å². The Balaban J connectivity index is 2.39. The number of hydrogen-bond acceptors (Lipinski definition) is 2. The van der Waals surface area contributed by atoms with E-state index < -0.39 is 0 Å². The summed E-state index contributed by atoms with van der Waals surface area (Å²) in [4.78, 5) is 2.58. The average Bonchev–Trinajstić information content (AvgIpc) is 2.15. The minimum Gasteiger partial charge on any atom is -0.313 e. The van der Waals surface area contributed by atoms with Crippen molar-refractivity contribution in [3.8, 4) is 0 Å². The second-order valence-electron chi connectivity index (χ2n) is 5.14. The van der Waals surface area contributed by atoms with Crippen LogP contribution < -0.4 is 5.32 Å². The number of nitrogens with one attached hydrogen (secondary N) is 1. The predicted molar refractivity (Wildman–Crippen MR) is 67.2 cm³/mol. The lowest BCUT2D eigenvalue weighted by Gasteiger charge is -2.36. The van der Waals surface area contributed by atoms with Crippen molar-refractivity contribution in [3.63, 3.8) is 0 Å². The van der Waals surface area contributed by atoms with Gasteiger partial charge in [0, 0.05) is 25.2 Å². The van der Waals surface area contributed by atoms with Crippen molar-refractivity contribution in [1.82, 2.24) is 10.2 Å². The van der Waals surface area contributed by atoms with Crippen molar-refractivity contribution in [2.75, 3.05) is 19.6 Å². The van der Waals surface area contributed by atoms with E-state index in [2.05, 4.69) is 37.6 Å². The van der Waals surface area contributed by atoms with E-state index in [0.717, 1.165) is 19.1 Å². The standard InChI is InChI=1S/C13H26N2/c1-11(2)10-15-8-6-5-7-13(15)9-14-12(3)4/h12-14H,1,5-10H2,2-4H3. The van der Waals surface area contributed by atoms with Gasteiger partial charge in [0.15, 0.2) is 0 Å². The first kappa shape index (κ1) is 12.7. The van der Waals surface area contributed by atoms with Crippen LogP contribution in [0.3, 0.4) is 0 Å². The van der Waals surface area contributed by atoms with Crippen LogP contribution in [0.5, 0.6) is 0 Å². The van der Waals surface area contributed by atoms with Crippen molar-refractivity contribution in [3.05, 3.63) is 12.2 Å². The van der Waals surface area contributed by atoms with Gasteiger partial charge in [-0.15, -0.1) is 0 Å². The molecular weight excluding hydrogens is 184 g/mol. The summed E-state index contributed by atoms with van der Waals surface area (Å²) in [5.74, 6) is 0. The summed E-state index contributed by atoms with van der Waals surface area (Å²) in [5, 5.41) is 3.55. The molecule has 2 heteroatoms. The maximum absolute atomic E-state index is 4.02. The topological polar surface area (TPSA) is 15.3 Å². The Hall–Kier alpha value is -0.340. The highest BCUT2D eigenvalue weighted by Gasteiger charge is 2.21. The van der Waals surface area contributed by atoms with Gasteiger partial charge in [-0.3, -0.25) is 4.90 Å². The Morgan fingerprint density at radius 1 is 1.47 bits per heavy atom. The van der Waals surface area contributed by atoms with Gasteiger partial charge >= 0.3 is 0 Å². The Morgan fingerprint density at radius 2 is 2.20 bits per heavy atom. The molecule has 1 N–H and O–H groups in total. The normalized spacial score (nSPS) is 23.3. The van der Waals surface area contributed by atoms with E-state index in [1.165, 1.54) is 31.4 Å². The Bertz CT molecular complexity index is 199. The molecule has 1 heterocycles. The molecule has 0 aliphatic carbocycles. The molecule has 1 atom stereocenters. The third-order valence-corrected chi connectivity index (χ3v) is 2.98. The molecule has 0 bridgehead atoms. The first-order chi connectivity index (χ1) is 7.09. The second kappa shape index (κ2) is 6.29. The summed E-state index contributed by atoms with van der Waals surface area (Å²) in [6.07, 6.45) is 4.08. The van der Waals surface area contributed by atoms with Crippen molar-refractivity contribution in [2.24, 2.45) is 0 Å². The van der Waals surface area contributed by atoms with E-state index in [0.29, 0.717) is 6.04 Å². The molecule has 0 aromatic rings. The van der Waals surface area contributed by atoms with E-state index in [9.17, 15) is 0 Å². The molecule has 0 radical (unpaired) electrons. The van der Waals surface area contributed by atoms with Crippen molar-refractivity contribution in [2.45, 2.75) is 52.1 Å². The first-order valence-corrected chi connectivity index (χ1v) is 6.21. The second-order valence-corrected chi connectivity index (χ2v) is 5.14. The summed E-state index contributed by atoms with van der Waals surface area (Å²) in [6.45, 7) is 14.0. The van der Waals surface area contributed by atoms with Crippen LogP contribution >= 0.6 is 0 Å². The Kier molecular flexibility index (Phi) is 5.34. The molecule has 1 aliphatic heterocycles. The van der Waals surface area contributed by atoms with Gasteiger partial charge in [0.1, 0.15) is 0 Å². The number of hydrogen-bond donors (Lipinski definition) is 1. The Labute approximate surface area is 94.7 Å². The van der Waals surface area contributed by atoms with Crippen LogP contribution in [0.25, 0.3) is 0 Å². The summed E-state index contributed by atoms with van der Waals surface area (Å²) < 4.78 is 0. The van der Waals surface area contributed by atoms with Crippen molar-refractivity contribution < 1.29 is 0 Å². The summed E-state index contributed by atoms with van der Waals surface area (Å²) in [7, 11) is 0. The third-order valence-electron chi connectivity index (χ3n) is 2.98. The Morgan fingerprint density at radius 3 is 2.80 bits per heavy atom. The molecule has 1 aliphatic rings. The molecule has 0 saturated carbocycles. The lowest BCUT2D eigenvalue weighted by Crippen LogP contribution is -2.47. The van der Waals surface area contributed by atoms with E-state index in [-0.39, 0.29) is 0 Å². The van der Waals surface area contributed by atoms with Gasteiger partial charge in [0.2, 0.25) is 0 Å². The maximum Gasteiger partial charge on any atom is 0.0224 e. The SMILES string of the molecule is C=C(C)CN1CCCCC1CNC(C)C. The van der Waals surface area contributed by atoms with Crippen LogP contribution in [-0.4, -0.2) is 36.6 Å². The zero-order valence-electron chi connectivity index (χ0n) is 10.6. The third kappa shape index (κ3) is 4.80. The highest BCUT2D eigenvalue weighted by atomic mass is 15.2. The van der Waals surface area contributed by atoms with E-state index in [1.54, 1.807) is 0 Å². The van der Waals surface area contributed by atoms with E-state index in [1.807, 2.05) is 0 Å². The lowest BCUT2D eigenvalue weighted by molar-refractivity contribution is 0.156.